The average molecular weight is 591 g/mol. The molecule has 1 fully saturated rings. The van der Waals surface area contributed by atoms with E-state index in [2.05, 4.69) is 73.1 Å². The number of benzene rings is 2. The Morgan fingerprint density at radius 2 is 1.82 bits per heavy atom. The summed E-state index contributed by atoms with van der Waals surface area (Å²) in [5.41, 5.74) is 6.76. The highest BCUT2D eigenvalue weighted by Gasteiger charge is 2.42. The van der Waals surface area contributed by atoms with E-state index in [9.17, 15) is 4.79 Å². The molecule has 38 heavy (non-hydrogen) atoms. The van der Waals surface area contributed by atoms with E-state index < -0.39 is 0 Å². The second-order valence-electron chi connectivity index (χ2n) is 9.20. The van der Waals surface area contributed by atoms with Gasteiger partial charge in [-0.25, -0.2) is 0 Å². The maximum atomic E-state index is 11.9. The molecular formula is C29H28BrN5O2S. The van der Waals surface area contributed by atoms with Gasteiger partial charge in [0.2, 0.25) is 5.91 Å². The van der Waals surface area contributed by atoms with Crippen LogP contribution in [-0.2, 0) is 4.79 Å². The van der Waals surface area contributed by atoms with Gasteiger partial charge in [0.25, 0.3) is 0 Å². The van der Waals surface area contributed by atoms with Crippen LogP contribution < -0.4 is 20.3 Å². The van der Waals surface area contributed by atoms with E-state index >= 15 is 0 Å². The number of rotatable bonds is 6. The minimum atomic E-state index is -0.189. The van der Waals surface area contributed by atoms with Crippen molar-refractivity contribution in [3.63, 3.8) is 0 Å². The fraction of sp³-hybridized carbons (Fsp3) is 0.207. The third-order valence-corrected chi connectivity index (χ3v) is 7.59. The number of hydrogen-bond donors (Lipinski definition) is 2. The van der Waals surface area contributed by atoms with Crippen LogP contribution in [-0.4, -0.2) is 27.7 Å². The normalized spacial score (nSPS) is 16.9. The zero-order valence-electron chi connectivity index (χ0n) is 21.5. The van der Waals surface area contributed by atoms with Crippen LogP contribution in [0.5, 0.6) is 5.75 Å². The molecule has 2 N–H and O–H groups in total. The number of anilines is 2. The molecule has 7 nitrogen and oxygen atoms in total. The highest BCUT2D eigenvalue weighted by atomic mass is 79.9. The fourth-order valence-electron chi connectivity index (χ4n) is 5.16. The molecule has 1 saturated heterocycles. The molecule has 0 bridgehead atoms. The monoisotopic (exact) mass is 589 g/mol. The predicted octanol–water partition coefficient (Wildman–Crippen LogP) is 6.40. The van der Waals surface area contributed by atoms with E-state index in [1.165, 1.54) is 6.92 Å². The number of methoxy groups -OCH3 is 1. The van der Waals surface area contributed by atoms with E-state index in [0.29, 0.717) is 16.5 Å². The van der Waals surface area contributed by atoms with Crippen molar-refractivity contribution >= 4 is 50.5 Å². The van der Waals surface area contributed by atoms with Crippen LogP contribution in [0.3, 0.4) is 0 Å². The van der Waals surface area contributed by atoms with Gasteiger partial charge in [-0.2, -0.15) is 0 Å². The Kier molecular flexibility index (Phi) is 7.23. The SMILES string of the molecule is COc1ccc(N2C(=S)N[C@@H](c3ccccn3)[C@H]2c2cc(C)n(-c3ccc(Br)cc3)c2C)cc1NC(C)=O. The third kappa shape index (κ3) is 4.79. The van der Waals surface area contributed by atoms with Crippen molar-refractivity contribution in [1.82, 2.24) is 14.9 Å². The van der Waals surface area contributed by atoms with Crippen LogP contribution in [0.2, 0.25) is 0 Å². The highest BCUT2D eigenvalue weighted by Crippen LogP contribution is 2.45. The topological polar surface area (TPSA) is 71.4 Å². The highest BCUT2D eigenvalue weighted by molar-refractivity contribution is 9.10. The maximum Gasteiger partial charge on any atom is 0.221 e. The minimum Gasteiger partial charge on any atom is -0.495 e. The summed E-state index contributed by atoms with van der Waals surface area (Å²) in [6, 6.07) is 21.8. The lowest BCUT2D eigenvalue weighted by Crippen LogP contribution is -2.29. The third-order valence-electron chi connectivity index (χ3n) is 6.74. The smallest absolute Gasteiger partial charge is 0.221 e. The zero-order chi connectivity index (χ0) is 27.0. The summed E-state index contributed by atoms with van der Waals surface area (Å²) in [6.45, 7) is 5.73. The van der Waals surface area contributed by atoms with Crippen LogP contribution in [0.15, 0.2) is 77.4 Å². The maximum absolute atomic E-state index is 11.9. The number of hydrogen-bond acceptors (Lipinski definition) is 4. The first-order chi connectivity index (χ1) is 18.3. The minimum absolute atomic E-state index is 0.177. The molecule has 0 saturated carbocycles. The first kappa shape index (κ1) is 25.9. The zero-order valence-corrected chi connectivity index (χ0v) is 23.9. The number of carbonyl (C=O) groups is 1. The van der Waals surface area contributed by atoms with Crippen molar-refractivity contribution in [2.45, 2.75) is 32.9 Å². The molecule has 1 aliphatic rings. The second kappa shape index (κ2) is 10.6. The summed E-state index contributed by atoms with van der Waals surface area (Å²) in [5.74, 6) is 0.400. The number of carbonyl (C=O) groups excluding carboxylic acids is 1. The van der Waals surface area contributed by atoms with E-state index in [0.717, 1.165) is 38.5 Å². The molecule has 2 aromatic carbocycles. The molecule has 0 spiro atoms. The molecule has 2 aromatic heterocycles. The van der Waals surface area contributed by atoms with Crippen molar-refractivity contribution in [2.75, 3.05) is 17.3 Å². The van der Waals surface area contributed by atoms with Gasteiger partial charge in [0.05, 0.1) is 30.6 Å². The van der Waals surface area contributed by atoms with E-state index in [-0.39, 0.29) is 18.0 Å². The molecule has 9 heteroatoms. The number of aryl methyl sites for hydroxylation is 1. The van der Waals surface area contributed by atoms with Crippen LogP contribution in [0, 0.1) is 13.8 Å². The average Bonchev–Trinajstić information content (AvgIpc) is 3.39. The molecule has 194 valence electrons. The van der Waals surface area contributed by atoms with E-state index in [1.807, 2.05) is 48.5 Å². The summed E-state index contributed by atoms with van der Waals surface area (Å²) in [7, 11) is 1.58. The molecule has 0 aliphatic carbocycles. The largest absolute Gasteiger partial charge is 0.495 e. The Bertz CT molecular complexity index is 1500. The summed E-state index contributed by atoms with van der Waals surface area (Å²) >= 11 is 9.45. The lowest BCUT2D eigenvalue weighted by atomic mass is 9.96. The number of amides is 1. The van der Waals surface area contributed by atoms with E-state index in [4.69, 9.17) is 17.0 Å². The summed E-state index contributed by atoms with van der Waals surface area (Å²) in [6.07, 6.45) is 1.80. The Morgan fingerprint density at radius 3 is 2.47 bits per heavy atom. The number of ether oxygens (including phenoxy) is 1. The predicted molar refractivity (Wildman–Crippen MR) is 158 cm³/mol. The van der Waals surface area contributed by atoms with Crippen molar-refractivity contribution < 1.29 is 9.53 Å². The number of thiocarbonyl (C=S) groups is 1. The van der Waals surface area contributed by atoms with Gasteiger partial charge in [-0.15, -0.1) is 0 Å². The van der Waals surface area contributed by atoms with Crippen LogP contribution >= 0.6 is 28.1 Å². The lowest BCUT2D eigenvalue weighted by Gasteiger charge is -2.29. The van der Waals surface area contributed by atoms with Crippen molar-refractivity contribution in [1.29, 1.82) is 0 Å². The molecule has 4 aromatic rings. The van der Waals surface area contributed by atoms with Gasteiger partial charge in [0.15, 0.2) is 5.11 Å². The molecule has 1 aliphatic heterocycles. The molecule has 3 heterocycles. The van der Waals surface area contributed by atoms with Crippen molar-refractivity contribution in [2.24, 2.45) is 0 Å². The van der Waals surface area contributed by atoms with Gasteiger partial charge in [-0.3, -0.25) is 9.78 Å². The van der Waals surface area contributed by atoms with Crippen LogP contribution in [0.1, 0.15) is 41.7 Å². The quantitative estimate of drug-likeness (QED) is 0.254. The first-order valence-electron chi connectivity index (χ1n) is 12.2. The van der Waals surface area contributed by atoms with E-state index in [1.54, 1.807) is 13.3 Å². The number of halogens is 1. The summed E-state index contributed by atoms with van der Waals surface area (Å²) in [4.78, 5) is 18.7. The Hall–Kier alpha value is -3.69. The number of pyridine rings is 1. The summed E-state index contributed by atoms with van der Waals surface area (Å²) < 4.78 is 8.78. The van der Waals surface area contributed by atoms with Gasteiger partial charge < -0.3 is 24.8 Å². The van der Waals surface area contributed by atoms with Gasteiger partial charge in [-0.1, -0.05) is 22.0 Å². The number of nitrogens with one attached hydrogen (secondary N) is 2. The fourth-order valence-corrected chi connectivity index (χ4v) is 5.77. The number of nitrogens with zero attached hydrogens (tertiary/aromatic N) is 3. The number of aromatic nitrogens is 2. The van der Waals surface area contributed by atoms with Gasteiger partial charge in [-0.05, 0) is 92.3 Å². The Morgan fingerprint density at radius 1 is 1.08 bits per heavy atom. The van der Waals surface area contributed by atoms with Crippen molar-refractivity contribution in [3.8, 4) is 11.4 Å². The molecular weight excluding hydrogens is 562 g/mol. The van der Waals surface area contributed by atoms with Crippen LogP contribution in [0.25, 0.3) is 5.69 Å². The summed E-state index contributed by atoms with van der Waals surface area (Å²) in [5, 5.41) is 6.98. The first-order valence-corrected chi connectivity index (χ1v) is 13.4. The molecule has 0 unspecified atom stereocenters. The Balaban J connectivity index is 1.67. The van der Waals surface area contributed by atoms with Crippen LogP contribution in [0.4, 0.5) is 11.4 Å². The molecule has 2 atom stereocenters. The lowest BCUT2D eigenvalue weighted by molar-refractivity contribution is -0.114. The van der Waals surface area contributed by atoms with Gasteiger partial charge >= 0.3 is 0 Å². The molecule has 1 amide bonds. The van der Waals surface area contributed by atoms with Crippen molar-refractivity contribution in [3.05, 3.63) is 100 Å². The molecule has 0 radical (unpaired) electrons. The Labute approximate surface area is 236 Å². The second-order valence-corrected chi connectivity index (χ2v) is 10.5. The van der Waals surface area contributed by atoms with Gasteiger partial charge in [0.1, 0.15) is 5.75 Å². The van der Waals surface area contributed by atoms with Gasteiger partial charge in [0, 0.05) is 40.4 Å². The molecule has 5 rings (SSSR count). The standard InChI is InChI=1S/C29H28BrN5O2S/c1-17-15-23(18(2)34(17)21-10-8-20(30)9-11-21)28-27(24-7-5-6-14-31-24)33-29(38)35(28)22-12-13-26(37-4)25(16-22)32-19(3)36/h5-16,27-28H,1-4H3,(H,32,36)(H,33,38)/t27-,28+/m0/s1.